The summed E-state index contributed by atoms with van der Waals surface area (Å²) in [5, 5.41) is 8.88. The number of nitrogens with zero attached hydrogens (tertiary/aromatic N) is 1. The van der Waals surface area contributed by atoms with E-state index in [2.05, 4.69) is 45.1 Å². The van der Waals surface area contributed by atoms with E-state index >= 15 is 0 Å². The number of carbonyl (C=O) groups is 2. The van der Waals surface area contributed by atoms with Crippen molar-refractivity contribution >= 4 is 23.6 Å². The van der Waals surface area contributed by atoms with Crippen molar-refractivity contribution in [2.75, 3.05) is 32.9 Å². The molecule has 3 rings (SSSR count). The third-order valence-electron chi connectivity index (χ3n) is 5.75. The number of rotatable bonds is 8. The first-order valence-corrected chi connectivity index (χ1v) is 12.2. The number of halogens is 3. The normalized spacial score (nSPS) is 19.0. The van der Waals surface area contributed by atoms with Gasteiger partial charge < -0.3 is 20.9 Å². The zero-order chi connectivity index (χ0) is 24.7. The van der Waals surface area contributed by atoms with Crippen molar-refractivity contribution < 1.29 is 22.8 Å². The summed E-state index contributed by atoms with van der Waals surface area (Å²) in [6.07, 6.45) is -1.66. The molecule has 0 spiro atoms. The van der Waals surface area contributed by atoms with Gasteiger partial charge in [0.05, 0.1) is 18.2 Å². The monoisotopic (exact) mass is 494 g/mol. The van der Waals surface area contributed by atoms with Gasteiger partial charge in [-0.25, -0.2) is 0 Å². The van der Waals surface area contributed by atoms with Gasteiger partial charge in [0.15, 0.2) is 0 Å². The summed E-state index contributed by atoms with van der Waals surface area (Å²) in [5.74, 6) is -1.12. The van der Waals surface area contributed by atoms with Crippen molar-refractivity contribution in [3.63, 3.8) is 0 Å². The lowest BCUT2D eigenvalue weighted by Crippen LogP contribution is -2.59. The predicted molar refractivity (Wildman–Crippen MR) is 127 cm³/mol. The molecule has 184 valence electrons. The van der Waals surface area contributed by atoms with Crippen LogP contribution in [0.25, 0.3) is 0 Å². The fourth-order valence-corrected chi connectivity index (χ4v) is 4.26. The van der Waals surface area contributed by atoms with Crippen molar-refractivity contribution in [3.8, 4) is 0 Å². The molecule has 10 heteroatoms. The van der Waals surface area contributed by atoms with Crippen molar-refractivity contribution in [1.82, 2.24) is 20.9 Å². The van der Waals surface area contributed by atoms with Gasteiger partial charge in [0.2, 0.25) is 5.91 Å². The van der Waals surface area contributed by atoms with Gasteiger partial charge in [-0.05, 0) is 62.2 Å². The van der Waals surface area contributed by atoms with Crippen molar-refractivity contribution in [2.45, 2.75) is 36.1 Å². The molecule has 6 nitrogen and oxygen atoms in total. The first-order valence-electron chi connectivity index (χ1n) is 11.0. The van der Waals surface area contributed by atoms with Crippen LogP contribution in [0, 0.1) is 0 Å². The minimum atomic E-state index is -4.54. The summed E-state index contributed by atoms with van der Waals surface area (Å²) in [4.78, 5) is 28.1. The first-order chi connectivity index (χ1) is 16.2. The molecule has 0 bridgehead atoms. The Labute approximate surface area is 201 Å². The quantitative estimate of drug-likeness (QED) is 0.492. The lowest BCUT2D eigenvalue weighted by Gasteiger charge is -2.37. The van der Waals surface area contributed by atoms with E-state index in [-0.39, 0.29) is 24.2 Å². The van der Waals surface area contributed by atoms with Crippen LogP contribution in [0.15, 0.2) is 53.4 Å². The molecule has 1 saturated heterocycles. The van der Waals surface area contributed by atoms with Crippen LogP contribution in [0.5, 0.6) is 0 Å². The van der Waals surface area contributed by atoms with Crippen LogP contribution in [0.1, 0.15) is 27.9 Å². The van der Waals surface area contributed by atoms with Gasteiger partial charge in [-0.1, -0.05) is 18.2 Å². The van der Waals surface area contributed by atoms with Gasteiger partial charge in [-0.2, -0.15) is 13.2 Å². The fraction of sp³-hybridized carbons (Fsp3) is 0.417. The number of thioether (sulfide) groups is 1. The number of piperidine rings is 1. The number of hydrogen-bond donors (Lipinski definition) is 3. The Bertz CT molecular complexity index is 985. The molecule has 2 aromatic carbocycles. The lowest BCUT2D eigenvalue weighted by molar-refractivity contribution is -0.137. The second-order valence-electron chi connectivity index (χ2n) is 8.32. The Kier molecular flexibility index (Phi) is 8.98. The van der Waals surface area contributed by atoms with E-state index in [0.717, 1.165) is 30.7 Å². The second-order valence-corrected chi connectivity index (χ2v) is 9.20. The van der Waals surface area contributed by atoms with Gasteiger partial charge in [0.25, 0.3) is 5.91 Å². The first kappa shape index (κ1) is 26.1. The Morgan fingerprint density at radius 3 is 2.53 bits per heavy atom. The van der Waals surface area contributed by atoms with Crippen molar-refractivity contribution in [2.24, 2.45) is 0 Å². The zero-order valence-corrected chi connectivity index (χ0v) is 19.9. The zero-order valence-electron chi connectivity index (χ0n) is 19.1. The third kappa shape index (κ3) is 7.48. The average Bonchev–Trinajstić information content (AvgIpc) is 2.82. The Morgan fingerprint density at radius 2 is 1.85 bits per heavy atom. The van der Waals surface area contributed by atoms with Gasteiger partial charge >= 0.3 is 6.18 Å². The summed E-state index contributed by atoms with van der Waals surface area (Å²) in [7, 11) is 1.98. The van der Waals surface area contributed by atoms with Crippen molar-refractivity contribution in [1.29, 1.82) is 0 Å². The average molecular weight is 495 g/mol. The Hall–Kier alpha value is -2.56. The fourth-order valence-electron chi connectivity index (χ4n) is 3.86. The largest absolute Gasteiger partial charge is 0.416 e. The molecule has 3 N–H and O–H groups in total. The van der Waals surface area contributed by atoms with Crippen LogP contribution in [-0.2, 0) is 17.5 Å². The molecule has 2 aromatic rings. The lowest BCUT2D eigenvalue weighted by atomic mass is 9.99. The van der Waals surface area contributed by atoms with Gasteiger partial charge in [0, 0.05) is 29.6 Å². The summed E-state index contributed by atoms with van der Waals surface area (Å²) in [5.41, 5.74) is 0.0917. The topological polar surface area (TPSA) is 73.5 Å². The van der Waals surface area contributed by atoms with E-state index in [9.17, 15) is 22.8 Å². The van der Waals surface area contributed by atoms with E-state index in [1.807, 2.05) is 13.3 Å². The number of likely N-dealkylation sites (tertiary alicyclic amines) is 1. The minimum Gasteiger partial charge on any atom is -0.349 e. The molecule has 0 saturated carbocycles. The second kappa shape index (κ2) is 11.7. The van der Waals surface area contributed by atoms with E-state index < -0.39 is 23.6 Å². The third-order valence-corrected chi connectivity index (χ3v) is 6.49. The molecule has 2 amide bonds. The molecule has 1 aliphatic rings. The molecule has 2 atom stereocenters. The molecule has 0 radical (unpaired) electrons. The SMILES string of the molecule is CSc1ccc(CNC2CCN(C)CC2NC(=O)CNC(=O)c2cccc(C(F)(F)F)c2)cc1. The maximum Gasteiger partial charge on any atom is 0.416 e. The van der Waals surface area contributed by atoms with Crippen LogP contribution in [-0.4, -0.2) is 61.7 Å². The number of amides is 2. The minimum absolute atomic E-state index is 0.0551. The van der Waals surface area contributed by atoms with Gasteiger partial charge in [-0.15, -0.1) is 11.8 Å². The molecule has 2 unspecified atom stereocenters. The molecule has 0 aliphatic carbocycles. The Balaban J connectivity index is 1.53. The number of hydrogen-bond acceptors (Lipinski definition) is 5. The van der Waals surface area contributed by atoms with Gasteiger partial charge in [0.1, 0.15) is 0 Å². The maximum atomic E-state index is 12.9. The molecular formula is C24H29F3N4O2S. The van der Waals surface area contributed by atoms with Crippen LogP contribution >= 0.6 is 11.8 Å². The highest BCUT2D eigenvalue weighted by Crippen LogP contribution is 2.29. The van der Waals surface area contributed by atoms with Crippen LogP contribution in [0.2, 0.25) is 0 Å². The summed E-state index contributed by atoms with van der Waals surface area (Å²) < 4.78 is 38.6. The Morgan fingerprint density at radius 1 is 1.12 bits per heavy atom. The molecule has 1 aliphatic heterocycles. The maximum absolute atomic E-state index is 12.9. The van der Waals surface area contributed by atoms with Crippen LogP contribution < -0.4 is 16.0 Å². The number of likely N-dealkylation sites (N-methyl/N-ethyl adjacent to an activating group) is 1. The van der Waals surface area contributed by atoms with Crippen LogP contribution in [0.3, 0.4) is 0 Å². The number of nitrogens with one attached hydrogen (secondary N) is 3. The number of alkyl halides is 3. The predicted octanol–water partition coefficient (Wildman–Crippen LogP) is 3.14. The number of benzene rings is 2. The summed E-state index contributed by atoms with van der Waals surface area (Å²) in [6.45, 7) is 1.89. The molecule has 1 fully saturated rings. The van der Waals surface area contributed by atoms with E-state index in [1.165, 1.54) is 17.0 Å². The van der Waals surface area contributed by atoms with Crippen molar-refractivity contribution in [3.05, 3.63) is 65.2 Å². The molecule has 1 heterocycles. The molecule has 34 heavy (non-hydrogen) atoms. The van der Waals surface area contributed by atoms with E-state index in [4.69, 9.17) is 0 Å². The summed E-state index contributed by atoms with van der Waals surface area (Å²) in [6, 6.07) is 12.3. The summed E-state index contributed by atoms with van der Waals surface area (Å²) >= 11 is 1.68. The molecular weight excluding hydrogens is 465 g/mol. The smallest absolute Gasteiger partial charge is 0.349 e. The molecule has 0 aromatic heterocycles. The standard InChI is InChI=1S/C24H29F3N4O2S/c1-31-11-10-20(28-13-16-6-8-19(34-2)9-7-16)21(15-31)30-22(32)14-29-23(33)17-4-3-5-18(12-17)24(25,26)27/h3-9,12,20-21,28H,10-11,13-15H2,1-2H3,(H,29,33)(H,30,32). The van der Waals surface area contributed by atoms with E-state index in [0.29, 0.717) is 13.1 Å². The van der Waals surface area contributed by atoms with Crippen LogP contribution in [0.4, 0.5) is 13.2 Å². The highest BCUT2D eigenvalue weighted by Gasteiger charge is 2.31. The highest BCUT2D eigenvalue weighted by molar-refractivity contribution is 7.98. The van der Waals surface area contributed by atoms with Gasteiger partial charge in [-0.3, -0.25) is 9.59 Å². The number of carbonyl (C=O) groups excluding carboxylic acids is 2. The highest BCUT2D eigenvalue weighted by atomic mass is 32.2. The van der Waals surface area contributed by atoms with E-state index in [1.54, 1.807) is 11.8 Å².